The van der Waals surface area contributed by atoms with Crippen molar-refractivity contribution in [3.63, 3.8) is 0 Å². The highest BCUT2D eigenvalue weighted by Crippen LogP contribution is 2.37. The molecule has 0 unspecified atom stereocenters. The molecule has 2 aromatic carbocycles. The summed E-state index contributed by atoms with van der Waals surface area (Å²) in [6.45, 7) is 0. The number of rotatable bonds is 5. The Morgan fingerprint density at radius 2 is 1.43 bits per heavy atom. The summed E-state index contributed by atoms with van der Waals surface area (Å²) in [5.74, 6) is 8.78. The van der Waals surface area contributed by atoms with Crippen molar-refractivity contribution in [3.05, 3.63) is 53.1 Å². The Morgan fingerprint density at radius 1 is 0.870 bits per heavy atom. The van der Waals surface area contributed by atoms with Crippen molar-refractivity contribution in [2.75, 3.05) is 21.3 Å². The van der Waals surface area contributed by atoms with Crippen molar-refractivity contribution < 1.29 is 14.2 Å². The normalized spacial score (nSPS) is 9.74. The van der Waals surface area contributed by atoms with Crippen molar-refractivity contribution in [1.29, 1.82) is 0 Å². The van der Waals surface area contributed by atoms with Crippen molar-refractivity contribution in [1.82, 2.24) is 0 Å². The molecule has 5 heteroatoms. The summed E-state index contributed by atoms with van der Waals surface area (Å²) in [5, 5.41) is 5.47. The number of hydrogen-bond acceptors (Lipinski definition) is 5. The van der Waals surface area contributed by atoms with E-state index in [0.29, 0.717) is 17.2 Å². The largest absolute Gasteiger partial charge is 0.493 e. The van der Waals surface area contributed by atoms with Crippen LogP contribution in [0.3, 0.4) is 0 Å². The first-order chi connectivity index (χ1) is 11.2. The molecule has 23 heavy (non-hydrogen) atoms. The van der Waals surface area contributed by atoms with Crippen LogP contribution in [0.2, 0.25) is 0 Å². The predicted octanol–water partition coefficient (Wildman–Crippen LogP) is 3.22. The van der Waals surface area contributed by atoms with Gasteiger partial charge in [0.15, 0.2) is 11.5 Å². The topological polar surface area (TPSA) is 53.7 Å². The van der Waals surface area contributed by atoms with Gasteiger partial charge in [-0.15, -0.1) is 0 Å². The summed E-state index contributed by atoms with van der Waals surface area (Å²) in [7, 11) is 4.75. The lowest BCUT2D eigenvalue weighted by Gasteiger charge is -2.12. The number of hydrogen-bond donors (Lipinski definition) is 1. The van der Waals surface area contributed by atoms with Gasteiger partial charge >= 0.3 is 0 Å². The molecule has 0 aliphatic heterocycles. The maximum atomic E-state index is 5.47. The third-order valence-electron chi connectivity index (χ3n) is 3.22. The zero-order chi connectivity index (χ0) is 16.7. The number of benzene rings is 2. The van der Waals surface area contributed by atoms with Crippen molar-refractivity contribution in [3.8, 4) is 29.1 Å². The molecular weight excluding hydrogens is 310 g/mol. The highest BCUT2D eigenvalue weighted by atomic mass is 32.2. The average Bonchev–Trinajstić information content (AvgIpc) is 2.60. The van der Waals surface area contributed by atoms with Crippen LogP contribution in [-0.4, -0.2) is 21.3 Å². The second-order valence-electron chi connectivity index (χ2n) is 4.67. The molecule has 2 rings (SSSR count). The minimum atomic E-state index is 0.559. The van der Waals surface area contributed by atoms with Crippen LogP contribution in [0.25, 0.3) is 0 Å². The molecular formula is C18H19NO3S. The Balaban J connectivity index is 2.30. The maximum Gasteiger partial charge on any atom is 0.203 e. The number of methoxy groups -OCH3 is 3. The summed E-state index contributed by atoms with van der Waals surface area (Å²) >= 11 is 1.31. The lowest BCUT2D eigenvalue weighted by atomic mass is 10.1. The van der Waals surface area contributed by atoms with Gasteiger partial charge in [-0.1, -0.05) is 35.9 Å². The van der Waals surface area contributed by atoms with Crippen LogP contribution < -0.4 is 19.3 Å². The summed E-state index contributed by atoms with van der Waals surface area (Å²) in [6, 6.07) is 11.7. The molecule has 0 saturated heterocycles. The lowest BCUT2D eigenvalue weighted by Crippen LogP contribution is -1.95. The Morgan fingerprint density at radius 3 is 1.91 bits per heavy atom. The Kier molecular flexibility index (Phi) is 6.21. The summed E-state index contributed by atoms with van der Waals surface area (Å²) in [5.41, 5.74) is 2.90. The van der Waals surface area contributed by atoms with Crippen LogP contribution in [0, 0.1) is 11.8 Å². The molecule has 0 heterocycles. The first kappa shape index (κ1) is 17.1. The smallest absolute Gasteiger partial charge is 0.203 e. The molecule has 0 radical (unpaired) electrons. The van der Waals surface area contributed by atoms with Gasteiger partial charge in [-0.3, -0.25) is 5.14 Å². The molecule has 0 spiro atoms. The second-order valence-corrected chi connectivity index (χ2v) is 5.29. The molecule has 0 bridgehead atoms. The van der Waals surface area contributed by atoms with E-state index in [1.54, 1.807) is 21.3 Å². The molecule has 2 N–H and O–H groups in total. The van der Waals surface area contributed by atoms with Gasteiger partial charge in [-0.25, -0.2) is 0 Å². The molecule has 0 amide bonds. The van der Waals surface area contributed by atoms with Gasteiger partial charge in [-0.05, 0) is 29.8 Å². The minimum Gasteiger partial charge on any atom is -0.493 e. The van der Waals surface area contributed by atoms with E-state index in [1.807, 2.05) is 36.4 Å². The van der Waals surface area contributed by atoms with E-state index in [1.165, 1.54) is 17.5 Å². The number of nitrogens with two attached hydrogens (primary N) is 1. The van der Waals surface area contributed by atoms with Crippen LogP contribution in [0.4, 0.5) is 0 Å². The van der Waals surface area contributed by atoms with E-state index < -0.39 is 0 Å². The predicted molar refractivity (Wildman–Crippen MR) is 94.0 cm³/mol. The van der Waals surface area contributed by atoms with E-state index in [0.717, 1.165) is 16.9 Å². The third kappa shape index (κ3) is 4.35. The van der Waals surface area contributed by atoms with Crippen LogP contribution in [0.1, 0.15) is 16.7 Å². The Bertz CT molecular complexity index is 692. The quantitative estimate of drug-likeness (QED) is 0.674. The highest BCUT2D eigenvalue weighted by Gasteiger charge is 2.12. The standard InChI is InChI=1S/C18H19NO3S/c1-20-16-10-15(11-17(21-2)18(16)22-3)9-6-13-4-7-14(8-5-13)12-23-19/h4-5,7-8,10-11H,12,19H2,1-3H3. The van der Waals surface area contributed by atoms with Gasteiger partial charge in [0.25, 0.3) is 0 Å². The van der Waals surface area contributed by atoms with Crippen LogP contribution in [0.15, 0.2) is 36.4 Å². The molecule has 0 saturated carbocycles. The molecule has 2 aromatic rings. The molecule has 0 atom stereocenters. The Hall–Kier alpha value is -2.29. The van der Waals surface area contributed by atoms with Gasteiger partial charge in [0.1, 0.15) is 0 Å². The maximum absolute atomic E-state index is 5.47. The van der Waals surface area contributed by atoms with Gasteiger partial charge in [-0.2, -0.15) is 0 Å². The van der Waals surface area contributed by atoms with Crippen LogP contribution in [-0.2, 0) is 5.75 Å². The molecule has 0 aliphatic carbocycles. The fourth-order valence-electron chi connectivity index (χ4n) is 2.08. The summed E-state index contributed by atoms with van der Waals surface area (Å²) in [4.78, 5) is 0. The molecule has 0 fully saturated rings. The fourth-order valence-corrected chi connectivity index (χ4v) is 2.46. The van der Waals surface area contributed by atoms with E-state index in [2.05, 4.69) is 11.8 Å². The first-order valence-electron chi connectivity index (χ1n) is 6.94. The molecule has 0 aromatic heterocycles. The SMILES string of the molecule is COc1cc(C#Cc2ccc(CSN)cc2)cc(OC)c1OC. The fraction of sp³-hybridized carbons (Fsp3) is 0.222. The first-order valence-corrected chi connectivity index (χ1v) is 7.99. The molecule has 4 nitrogen and oxygen atoms in total. The van der Waals surface area contributed by atoms with Gasteiger partial charge in [0, 0.05) is 16.9 Å². The van der Waals surface area contributed by atoms with Gasteiger partial charge in [0.05, 0.1) is 21.3 Å². The zero-order valence-electron chi connectivity index (χ0n) is 13.4. The van der Waals surface area contributed by atoms with E-state index in [-0.39, 0.29) is 0 Å². The van der Waals surface area contributed by atoms with Gasteiger partial charge < -0.3 is 14.2 Å². The van der Waals surface area contributed by atoms with Crippen molar-refractivity contribution in [2.24, 2.45) is 5.14 Å². The lowest BCUT2D eigenvalue weighted by molar-refractivity contribution is 0.324. The van der Waals surface area contributed by atoms with Gasteiger partial charge in [0.2, 0.25) is 5.75 Å². The van der Waals surface area contributed by atoms with E-state index >= 15 is 0 Å². The molecule has 120 valence electrons. The third-order valence-corrected chi connectivity index (χ3v) is 3.72. The zero-order valence-corrected chi connectivity index (χ0v) is 14.2. The van der Waals surface area contributed by atoms with E-state index in [9.17, 15) is 0 Å². The van der Waals surface area contributed by atoms with E-state index in [4.69, 9.17) is 19.3 Å². The Labute approximate surface area is 141 Å². The highest BCUT2D eigenvalue weighted by molar-refractivity contribution is 7.96. The second kappa shape index (κ2) is 8.37. The van der Waals surface area contributed by atoms with Crippen molar-refractivity contribution in [2.45, 2.75) is 5.75 Å². The van der Waals surface area contributed by atoms with Crippen LogP contribution >= 0.6 is 11.9 Å². The van der Waals surface area contributed by atoms with Crippen molar-refractivity contribution >= 4 is 11.9 Å². The minimum absolute atomic E-state index is 0.559. The summed E-state index contributed by atoms with van der Waals surface area (Å²) in [6.07, 6.45) is 0. The van der Waals surface area contributed by atoms with Crippen LogP contribution in [0.5, 0.6) is 17.2 Å². The number of ether oxygens (including phenoxy) is 3. The average molecular weight is 329 g/mol. The molecule has 0 aliphatic rings. The summed E-state index contributed by atoms with van der Waals surface area (Å²) < 4.78 is 16.0. The monoisotopic (exact) mass is 329 g/mol.